The van der Waals surface area contributed by atoms with Crippen molar-refractivity contribution in [1.29, 1.82) is 0 Å². The molecule has 0 spiro atoms. The lowest BCUT2D eigenvalue weighted by Crippen LogP contribution is -2.21. The molecule has 1 atom stereocenters. The van der Waals surface area contributed by atoms with Crippen LogP contribution < -0.4 is 16.2 Å². The van der Waals surface area contributed by atoms with Gasteiger partial charge in [-0.05, 0) is 67.3 Å². The van der Waals surface area contributed by atoms with Crippen LogP contribution in [0.3, 0.4) is 0 Å². The molecule has 0 saturated heterocycles. The highest BCUT2D eigenvalue weighted by molar-refractivity contribution is 5.99. The van der Waals surface area contributed by atoms with Crippen LogP contribution in [0.15, 0.2) is 53.6 Å². The van der Waals surface area contributed by atoms with Crippen molar-refractivity contribution in [2.75, 3.05) is 10.6 Å². The molecule has 0 fully saturated rings. The Kier molecular flexibility index (Phi) is 4.92. The van der Waals surface area contributed by atoms with Gasteiger partial charge in [-0.2, -0.15) is 0 Å². The maximum atomic E-state index is 12.1. The molecule has 1 amide bonds. The third-order valence-electron chi connectivity index (χ3n) is 5.31. The number of pyridine rings is 2. The molecule has 29 heavy (non-hydrogen) atoms. The molecule has 1 unspecified atom stereocenters. The van der Waals surface area contributed by atoms with Crippen LogP contribution in [0.1, 0.15) is 36.2 Å². The standard InChI is InChI=1S/C23H24N4O2/c1-14-10-18(13-27(3)23(14)29)17-11-16-7-8-21(28)26-22(16)20(12-17)25-15(2)19-6-4-5-9-24-19/h4-6,9-13,15,25H,7-8H2,1-3H3,(H,26,28). The molecule has 3 heterocycles. The molecule has 0 aliphatic carbocycles. The zero-order chi connectivity index (χ0) is 20.5. The second-order valence-corrected chi connectivity index (χ2v) is 7.55. The number of carbonyl (C=O) groups is 1. The van der Waals surface area contributed by atoms with Crippen LogP contribution in [0.5, 0.6) is 0 Å². The Morgan fingerprint density at radius 2 is 1.97 bits per heavy atom. The summed E-state index contributed by atoms with van der Waals surface area (Å²) in [7, 11) is 1.76. The SMILES string of the molecule is Cc1cc(-c2cc3c(c(NC(C)c4ccccn4)c2)NC(=O)CC3)cn(C)c1=O. The van der Waals surface area contributed by atoms with Crippen LogP contribution in [-0.4, -0.2) is 15.5 Å². The van der Waals surface area contributed by atoms with Gasteiger partial charge in [0.15, 0.2) is 0 Å². The Morgan fingerprint density at radius 3 is 2.69 bits per heavy atom. The van der Waals surface area contributed by atoms with Gasteiger partial charge < -0.3 is 15.2 Å². The molecule has 148 valence electrons. The number of rotatable bonds is 4. The van der Waals surface area contributed by atoms with E-state index in [1.165, 1.54) is 0 Å². The third-order valence-corrected chi connectivity index (χ3v) is 5.31. The minimum absolute atomic E-state index is 0.00101. The van der Waals surface area contributed by atoms with E-state index in [0.29, 0.717) is 18.4 Å². The predicted molar refractivity (Wildman–Crippen MR) is 115 cm³/mol. The maximum Gasteiger partial charge on any atom is 0.253 e. The number of hydrogen-bond acceptors (Lipinski definition) is 4. The molecule has 1 aromatic carbocycles. The number of amides is 1. The van der Waals surface area contributed by atoms with Gasteiger partial charge in [-0.25, -0.2) is 0 Å². The molecule has 0 bridgehead atoms. The Balaban J connectivity index is 1.80. The summed E-state index contributed by atoms with van der Waals surface area (Å²) >= 11 is 0. The number of anilines is 2. The Labute approximate surface area is 169 Å². The fourth-order valence-electron chi connectivity index (χ4n) is 3.75. The fraction of sp³-hybridized carbons (Fsp3) is 0.261. The Bertz CT molecular complexity index is 1110. The van der Waals surface area contributed by atoms with Gasteiger partial charge in [0.2, 0.25) is 5.91 Å². The van der Waals surface area contributed by atoms with Crippen molar-refractivity contribution in [3.8, 4) is 11.1 Å². The van der Waals surface area contributed by atoms with Gasteiger partial charge in [0.25, 0.3) is 5.56 Å². The number of benzene rings is 1. The largest absolute Gasteiger partial charge is 0.375 e. The molecular weight excluding hydrogens is 364 g/mol. The normalized spacial score (nSPS) is 14.1. The van der Waals surface area contributed by atoms with Gasteiger partial charge in [0.1, 0.15) is 0 Å². The summed E-state index contributed by atoms with van der Waals surface area (Å²) < 4.78 is 1.61. The number of fused-ring (bicyclic) bond motifs is 1. The van der Waals surface area contributed by atoms with Crippen molar-refractivity contribution in [2.45, 2.75) is 32.7 Å². The first-order valence-corrected chi connectivity index (χ1v) is 9.74. The second-order valence-electron chi connectivity index (χ2n) is 7.55. The number of hydrogen-bond donors (Lipinski definition) is 2. The van der Waals surface area contributed by atoms with Gasteiger partial charge in [-0.1, -0.05) is 6.07 Å². The van der Waals surface area contributed by atoms with Crippen LogP contribution >= 0.6 is 0 Å². The van der Waals surface area contributed by atoms with E-state index >= 15 is 0 Å². The van der Waals surface area contributed by atoms with Crippen molar-refractivity contribution in [1.82, 2.24) is 9.55 Å². The van der Waals surface area contributed by atoms with E-state index in [1.54, 1.807) is 17.8 Å². The third kappa shape index (κ3) is 3.78. The van der Waals surface area contributed by atoms with Crippen LogP contribution in [0.4, 0.5) is 11.4 Å². The lowest BCUT2D eigenvalue weighted by Gasteiger charge is -2.25. The van der Waals surface area contributed by atoms with E-state index in [2.05, 4.69) is 21.7 Å². The zero-order valence-corrected chi connectivity index (χ0v) is 16.8. The summed E-state index contributed by atoms with van der Waals surface area (Å²) in [5.41, 5.74) is 6.38. The molecule has 3 aromatic rings. The lowest BCUT2D eigenvalue weighted by molar-refractivity contribution is -0.116. The number of nitrogens with one attached hydrogen (secondary N) is 2. The molecular formula is C23H24N4O2. The molecule has 4 rings (SSSR count). The summed E-state index contributed by atoms with van der Waals surface area (Å²) in [5.74, 6) is 0.0248. The Morgan fingerprint density at radius 1 is 1.14 bits per heavy atom. The molecule has 2 N–H and O–H groups in total. The molecule has 2 aromatic heterocycles. The molecule has 1 aliphatic heterocycles. The highest BCUT2D eigenvalue weighted by atomic mass is 16.1. The maximum absolute atomic E-state index is 12.1. The Hall–Kier alpha value is -3.41. The lowest BCUT2D eigenvalue weighted by atomic mass is 9.95. The van der Waals surface area contributed by atoms with Gasteiger partial charge in [0.05, 0.1) is 23.1 Å². The van der Waals surface area contributed by atoms with E-state index in [-0.39, 0.29) is 17.5 Å². The summed E-state index contributed by atoms with van der Waals surface area (Å²) in [4.78, 5) is 28.5. The van der Waals surface area contributed by atoms with Crippen molar-refractivity contribution in [2.24, 2.45) is 7.05 Å². The molecule has 0 radical (unpaired) electrons. The van der Waals surface area contributed by atoms with Crippen molar-refractivity contribution in [3.63, 3.8) is 0 Å². The minimum Gasteiger partial charge on any atom is -0.375 e. The van der Waals surface area contributed by atoms with Crippen LogP contribution in [0, 0.1) is 6.92 Å². The zero-order valence-electron chi connectivity index (χ0n) is 16.8. The summed E-state index contributed by atoms with van der Waals surface area (Å²) in [5, 5.41) is 6.53. The van der Waals surface area contributed by atoms with E-state index in [1.807, 2.05) is 50.4 Å². The smallest absolute Gasteiger partial charge is 0.253 e. The van der Waals surface area contributed by atoms with Gasteiger partial charge in [-0.15, -0.1) is 0 Å². The number of aromatic nitrogens is 2. The molecule has 6 nitrogen and oxygen atoms in total. The summed E-state index contributed by atoms with van der Waals surface area (Å²) in [6, 6.07) is 11.8. The molecule has 6 heteroatoms. The van der Waals surface area contributed by atoms with E-state index in [4.69, 9.17) is 0 Å². The molecule has 0 saturated carbocycles. The minimum atomic E-state index is -0.0313. The van der Waals surface area contributed by atoms with Crippen LogP contribution in [-0.2, 0) is 18.3 Å². The molecule has 1 aliphatic rings. The number of carbonyl (C=O) groups excluding carboxylic acids is 1. The van der Waals surface area contributed by atoms with Gasteiger partial charge >= 0.3 is 0 Å². The van der Waals surface area contributed by atoms with E-state index < -0.39 is 0 Å². The van der Waals surface area contributed by atoms with Crippen LogP contribution in [0.25, 0.3) is 11.1 Å². The van der Waals surface area contributed by atoms with Crippen molar-refractivity contribution < 1.29 is 4.79 Å². The number of nitrogens with zero attached hydrogens (tertiary/aromatic N) is 2. The van der Waals surface area contributed by atoms with Gasteiger partial charge in [0, 0.05) is 31.4 Å². The average molecular weight is 388 g/mol. The first-order chi connectivity index (χ1) is 13.9. The average Bonchev–Trinajstić information content (AvgIpc) is 2.72. The van der Waals surface area contributed by atoms with E-state index in [0.717, 1.165) is 33.8 Å². The monoisotopic (exact) mass is 388 g/mol. The highest BCUT2D eigenvalue weighted by Gasteiger charge is 2.21. The van der Waals surface area contributed by atoms with Crippen molar-refractivity contribution in [3.05, 3.63) is 76.0 Å². The fourth-order valence-corrected chi connectivity index (χ4v) is 3.75. The summed E-state index contributed by atoms with van der Waals surface area (Å²) in [6.07, 6.45) is 4.78. The second kappa shape index (κ2) is 7.54. The quantitative estimate of drug-likeness (QED) is 0.713. The predicted octanol–water partition coefficient (Wildman–Crippen LogP) is 3.81. The number of aryl methyl sites for hydroxylation is 3. The first kappa shape index (κ1) is 18.9. The topological polar surface area (TPSA) is 76.0 Å². The van der Waals surface area contributed by atoms with Crippen LogP contribution in [0.2, 0.25) is 0 Å². The summed E-state index contributed by atoms with van der Waals surface area (Å²) in [6.45, 7) is 3.87. The van der Waals surface area contributed by atoms with E-state index in [9.17, 15) is 9.59 Å². The first-order valence-electron chi connectivity index (χ1n) is 9.74. The van der Waals surface area contributed by atoms with Crippen molar-refractivity contribution >= 4 is 17.3 Å². The van der Waals surface area contributed by atoms with Gasteiger partial charge in [-0.3, -0.25) is 14.6 Å². The highest BCUT2D eigenvalue weighted by Crippen LogP contribution is 2.37.